The topological polar surface area (TPSA) is 94.2 Å². The summed E-state index contributed by atoms with van der Waals surface area (Å²) in [5, 5.41) is 6.80. The van der Waals surface area contributed by atoms with E-state index in [9.17, 15) is 9.00 Å². The predicted octanol–water partition coefficient (Wildman–Crippen LogP) is 5.86. The molecule has 1 spiro atoms. The zero-order valence-electron chi connectivity index (χ0n) is 23.5. The lowest BCUT2D eigenvalue weighted by Gasteiger charge is -2.46. The van der Waals surface area contributed by atoms with Crippen LogP contribution in [0.25, 0.3) is 0 Å². The quantitative estimate of drug-likeness (QED) is 0.417. The van der Waals surface area contributed by atoms with E-state index in [-0.39, 0.29) is 17.3 Å². The largest absolute Gasteiger partial charge is 0.490 e. The lowest BCUT2D eigenvalue weighted by molar-refractivity contribution is 0.0131. The SMILES string of the molecule is CO[C@H]1/C=C/CCC[S@](N)(=O)=NC(=O)c2ccc3c(c2)N(C[C@@H]2CC[C@H]21)C[C@]1(CO3)C[C@@H]2C[C@@H]2c2cc(Cl)ccc21. The molecule has 0 saturated heterocycles. The van der Waals surface area contributed by atoms with Crippen molar-refractivity contribution in [3.8, 4) is 5.75 Å². The number of fused-ring (bicyclic) bond motifs is 6. The Morgan fingerprint density at radius 1 is 1.20 bits per heavy atom. The van der Waals surface area contributed by atoms with E-state index in [1.165, 1.54) is 17.5 Å². The van der Waals surface area contributed by atoms with Crippen LogP contribution < -0.4 is 14.8 Å². The molecular formula is C32H38ClN3O4S. The molecule has 0 radical (unpaired) electrons. The van der Waals surface area contributed by atoms with Crippen LogP contribution in [0.1, 0.15) is 65.9 Å². The molecule has 2 aromatic carbocycles. The highest BCUT2D eigenvalue weighted by Gasteiger charge is 2.54. The maximum atomic E-state index is 13.2. The van der Waals surface area contributed by atoms with E-state index in [0.717, 1.165) is 48.8 Å². The van der Waals surface area contributed by atoms with E-state index in [0.29, 0.717) is 48.7 Å². The fourth-order valence-electron chi connectivity index (χ4n) is 7.78. The molecular weight excluding hydrogens is 558 g/mol. The van der Waals surface area contributed by atoms with Crippen molar-refractivity contribution in [3.05, 3.63) is 70.3 Å². The van der Waals surface area contributed by atoms with Crippen LogP contribution in [0.2, 0.25) is 5.02 Å². The van der Waals surface area contributed by atoms with Gasteiger partial charge in [-0.25, -0.2) is 9.35 Å². The molecule has 7 nitrogen and oxygen atoms in total. The smallest absolute Gasteiger partial charge is 0.286 e. The number of allylic oxidation sites excluding steroid dienone is 1. The Morgan fingerprint density at radius 3 is 2.88 bits per heavy atom. The van der Waals surface area contributed by atoms with E-state index in [2.05, 4.69) is 33.5 Å². The van der Waals surface area contributed by atoms with Gasteiger partial charge in [0.1, 0.15) is 15.7 Å². The third-order valence-corrected chi connectivity index (χ3v) is 11.7. The first-order valence-electron chi connectivity index (χ1n) is 14.8. The molecule has 9 heteroatoms. The van der Waals surface area contributed by atoms with Crippen molar-refractivity contribution in [2.75, 3.05) is 37.5 Å². The first kappa shape index (κ1) is 27.4. The molecule has 2 aromatic rings. The number of benzene rings is 2. The number of carbonyl (C=O) groups excluding carboxylic acids is 1. The number of rotatable bonds is 1. The van der Waals surface area contributed by atoms with Gasteiger partial charge >= 0.3 is 0 Å². The Balaban J connectivity index is 1.32. The van der Waals surface area contributed by atoms with Gasteiger partial charge in [0.05, 0.1) is 18.4 Å². The molecule has 2 N–H and O–H groups in total. The first-order valence-corrected chi connectivity index (χ1v) is 17.0. The fourth-order valence-corrected chi connectivity index (χ4v) is 9.02. The van der Waals surface area contributed by atoms with Gasteiger partial charge in [-0.05, 0) is 104 Å². The van der Waals surface area contributed by atoms with E-state index in [4.69, 9.17) is 26.2 Å². The average Bonchev–Trinajstić information content (AvgIpc) is 3.72. The molecule has 3 aliphatic carbocycles. The minimum Gasteiger partial charge on any atom is -0.490 e. The third-order valence-electron chi connectivity index (χ3n) is 10.1. The van der Waals surface area contributed by atoms with Gasteiger partial charge in [-0.2, -0.15) is 0 Å². The van der Waals surface area contributed by atoms with Crippen molar-refractivity contribution >= 4 is 33.1 Å². The highest BCUT2D eigenvalue weighted by atomic mass is 35.5. The molecule has 218 valence electrons. The molecule has 0 unspecified atom stereocenters. The van der Waals surface area contributed by atoms with Crippen LogP contribution in [-0.4, -0.2) is 48.8 Å². The van der Waals surface area contributed by atoms with E-state index >= 15 is 0 Å². The maximum Gasteiger partial charge on any atom is 0.286 e. The number of methoxy groups -OCH3 is 1. The standard InChI is InChI=1S/C32H38ClN3O4S/c1-39-29-5-3-2-4-12-41(34,38)35-31(37)20-7-11-30-28(14-20)36(17-21-6-9-24(21)29)18-32(19-40-30)16-22-13-25(22)26-15-23(33)8-10-27(26)32/h3,5,7-8,10-11,14-15,21-22,24-25,29H,2,4,6,9,12-13,16-19H2,1H3,(H2,34,35,37,38)/b5-3+/t21-,22-,24+,25-,29-,32-,41+/m0/s1. The normalized spacial score (nSPS) is 36.9. The second kappa shape index (κ2) is 10.4. The van der Waals surface area contributed by atoms with Gasteiger partial charge < -0.3 is 14.4 Å². The minimum absolute atomic E-state index is 0.0305. The molecule has 5 aliphatic rings. The molecule has 7 atom stereocenters. The van der Waals surface area contributed by atoms with Crippen LogP contribution in [0.3, 0.4) is 0 Å². The summed E-state index contributed by atoms with van der Waals surface area (Å²) in [4.78, 5) is 15.7. The monoisotopic (exact) mass is 595 g/mol. The molecule has 2 fully saturated rings. The number of nitrogens with zero attached hydrogens (tertiary/aromatic N) is 2. The summed E-state index contributed by atoms with van der Waals surface area (Å²) >= 11 is 6.48. The summed E-state index contributed by atoms with van der Waals surface area (Å²) in [5.74, 6) is 2.49. The van der Waals surface area contributed by atoms with Gasteiger partial charge in [-0.1, -0.05) is 29.8 Å². The van der Waals surface area contributed by atoms with Crippen molar-refractivity contribution in [1.82, 2.24) is 0 Å². The second-order valence-corrected chi connectivity index (χ2v) is 15.1. The number of halogens is 1. The Labute approximate surface area is 247 Å². The molecule has 41 heavy (non-hydrogen) atoms. The molecule has 1 amide bonds. The highest BCUT2D eigenvalue weighted by Crippen LogP contribution is 2.61. The Kier molecular flexibility index (Phi) is 6.96. The molecule has 2 bridgehead atoms. The molecule has 2 aliphatic heterocycles. The first-order chi connectivity index (χ1) is 19.7. The molecule has 2 heterocycles. The van der Waals surface area contributed by atoms with Crippen molar-refractivity contribution in [1.29, 1.82) is 0 Å². The van der Waals surface area contributed by atoms with Crippen molar-refractivity contribution in [2.24, 2.45) is 27.3 Å². The van der Waals surface area contributed by atoms with Crippen LogP contribution in [0, 0.1) is 17.8 Å². The summed E-state index contributed by atoms with van der Waals surface area (Å²) in [5.41, 5.74) is 3.81. The zero-order chi connectivity index (χ0) is 28.4. The lowest BCUT2D eigenvalue weighted by Crippen LogP contribution is -2.49. The number of ether oxygens (including phenoxy) is 2. The van der Waals surface area contributed by atoms with Gasteiger partial charge in [0, 0.05) is 42.0 Å². The Hall–Kier alpha value is -2.39. The van der Waals surface area contributed by atoms with Gasteiger partial charge in [-0.3, -0.25) is 4.79 Å². The summed E-state index contributed by atoms with van der Waals surface area (Å²) in [7, 11) is -1.35. The van der Waals surface area contributed by atoms with Crippen LogP contribution in [0.4, 0.5) is 5.69 Å². The van der Waals surface area contributed by atoms with Crippen LogP contribution >= 0.6 is 11.6 Å². The summed E-state index contributed by atoms with van der Waals surface area (Å²) in [6.45, 7) is 2.20. The van der Waals surface area contributed by atoms with Crippen LogP contribution in [-0.2, 0) is 20.1 Å². The van der Waals surface area contributed by atoms with Crippen molar-refractivity contribution < 1.29 is 18.5 Å². The van der Waals surface area contributed by atoms with Gasteiger partial charge in [0.15, 0.2) is 0 Å². The maximum absolute atomic E-state index is 13.2. The molecule has 7 rings (SSSR count). The number of nitrogens with two attached hydrogens (primary N) is 1. The predicted molar refractivity (Wildman–Crippen MR) is 162 cm³/mol. The van der Waals surface area contributed by atoms with Gasteiger partial charge in [-0.15, -0.1) is 4.36 Å². The summed E-state index contributed by atoms with van der Waals surface area (Å²) in [6.07, 6.45) is 10.1. The average molecular weight is 596 g/mol. The molecule has 0 aromatic heterocycles. The van der Waals surface area contributed by atoms with Crippen LogP contribution in [0.5, 0.6) is 5.75 Å². The van der Waals surface area contributed by atoms with Gasteiger partial charge in [0.25, 0.3) is 5.91 Å². The number of amides is 1. The fraction of sp³-hybridized carbons (Fsp3) is 0.531. The Morgan fingerprint density at radius 2 is 2.07 bits per heavy atom. The van der Waals surface area contributed by atoms with Crippen molar-refractivity contribution in [2.45, 2.75) is 56.0 Å². The lowest BCUT2D eigenvalue weighted by atomic mass is 9.68. The number of anilines is 1. The minimum atomic E-state index is -3.13. The third kappa shape index (κ3) is 5.11. The summed E-state index contributed by atoms with van der Waals surface area (Å²) in [6, 6.07) is 11.9. The van der Waals surface area contributed by atoms with E-state index in [1.807, 2.05) is 18.2 Å². The number of hydrogen-bond donors (Lipinski definition) is 1. The van der Waals surface area contributed by atoms with E-state index < -0.39 is 15.8 Å². The second-order valence-electron chi connectivity index (χ2n) is 12.7. The molecule has 2 saturated carbocycles. The Bertz CT molecular complexity index is 1530. The summed E-state index contributed by atoms with van der Waals surface area (Å²) < 4.78 is 29.5. The number of hydrogen-bond acceptors (Lipinski definition) is 5. The number of carbonyl (C=O) groups is 1. The van der Waals surface area contributed by atoms with Gasteiger partial charge in [0.2, 0.25) is 0 Å². The van der Waals surface area contributed by atoms with E-state index in [1.54, 1.807) is 13.2 Å². The highest BCUT2D eigenvalue weighted by molar-refractivity contribution is 7.91. The van der Waals surface area contributed by atoms with Crippen molar-refractivity contribution in [3.63, 3.8) is 0 Å². The zero-order valence-corrected chi connectivity index (χ0v) is 25.0. The van der Waals surface area contributed by atoms with Crippen LogP contribution in [0.15, 0.2) is 52.9 Å².